The van der Waals surface area contributed by atoms with Crippen LogP contribution in [0.3, 0.4) is 0 Å². The molecule has 2 aliphatic rings. The summed E-state index contributed by atoms with van der Waals surface area (Å²) >= 11 is 0. The van der Waals surface area contributed by atoms with Crippen molar-refractivity contribution in [3.05, 3.63) is 23.3 Å². The highest BCUT2D eigenvalue weighted by molar-refractivity contribution is 5.69. The highest BCUT2D eigenvalue weighted by atomic mass is 16.6. The number of amides is 1. The Kier molecular flexibility index (Phi) is 6.38. The number of anilines is 1. The molecular formula is C22H34N2O4. The van der Waals surface area contributed by atoms with Crippen molar-refractivity contribution in [1.29, 1.82) is 0 Å². The number of benzene rings is 1. The van der Waals surface area contributed by atoms with Gasteiger partial charge in [-0.25, -0.2) is 4.79 Å². The maximum atomic E-state index is 12.5. The molecule has 2 heterocycles. The molecule has 1 aromatic carbocycles. The van der Waals surface area contributed by atoms with Gasteiger partial charge in [-0.3, -0.25) is 0 Å². The molecule has 6 heteroatoms. The smallest absolute Gasteiger partial charge is 0.410 e. The van der Waals surface area contributed by atoms with Gasteiger partial charge in [-0.05, 0) is 63.3 Å². The SMILES string of the molecule is CCC1CN(CCOC)c2cc3c(cc2O1)CCN(C(=O)OC(C)(C)C)CC3. The fraction of sp³-hybridized carbons (Fsp3) is 0.682. The van der Waals surface area contributed by atoms with Crippen molar-refractivity contribution in [2.24, 2.45) is 0 Å². The first-order valence-electron chi connectivity index (χ1n) is 10.3. The summed E-state index contributed by atoms with van der Waals surface area (Å²) in [6.07, 6.45) is 2.60. The third kappa shape index (κ3) is 4.90. The van der Waals surface area contributed by atoms with E-state index in [1.807, 2.05) is 25.7 Å². The van der Waals surface area contributed by atoms with Crippen LogP contribution in [0.2, 0.25) is 0 Å². The number of methoxy groups -OCH3 is 1. The normalized spacial score (nSPS) is 19.4. The predicted octanol–water partition coefficient (Wildman–Crippen LogP) is 3.65. The van der Waals surface area contributed by atoms with E-state index in [0.29, 0.717) is 19.7 Å². The average molecular weight is 391 g/mol. The van der Waals surface area contributed by atoms with Gasteiger partial charge >= 0.3 is 6.09 Å². The molecule has 1 aromatic rings. The maximum absolute atomic E-state index is 12.5. The van der Waals surface area contributed by atoms with Gasteiger partial charge in [0.1, 0.15) is 17.5 Å². The van der Waals surface area contributed by atoms with Crippen molar-refractivity contribution in [2.75, 3.05) is 44.8 Å². The maximum Gasteiger partial charge on any atom is 0.410 e. The number of carbonyl (C=O) groups is 1. The monoisotopic (exact) mass is 390 g/mol. The predicted molar refractivity (Wildman–Crippen MR) is 110 cm³/mol. The lowest BCUT2D eigenvalue weighted by atomic mass is 9.99. The van der Waals surface area contributed by atoms with Gasteiger partial charge in [0.25, 0.3) is 0 Å². The van der Waals surface area contributed by atoms with Crippen molar-refractivity contribution >= 4 is 11.8 Å². The molecule has 0 radical (unpaired) electrons. The Bertz CT molecular complexity index is 699. The van der Waals surface area contributed by atoms with Crippen molar-refractivity contribution < 1.29 is 19.0 Å². The van der Waals surface area contributed by atoms with E-state index in [4.69, 9.17) is 14.2 Å². The Hall–Kier alpha value is -1.95. The van der Waals surface area contributed by atoms with E-state index < -0.39 is 5.60 Å². The van der Waals surface area contributed by atoms with E-state index in [2.05, 4.69) is 24.0 Å². The molecule has 156 valence electrons. The zero-order valence-corrected chi connectivity index (χ0v) is 17.9. The zero-order chi connectivity index (χ0) is 20.3. The molecule has 1 amide bonds. The average Bonchev–Trinajstić information content (AvgIpc) is 2.85. The summed E-state index contributed by atoms with van der Waals surface area (Å²) in [4.78, 5) is 16.7. The van der Waals surface area contributed by atoms with Crippen LogP contribution >= 0.6 is 0 Å². The summed E-state index contributed by atoms with van der Waals surface area (Å²) in [7, 11) is 1.74. The van der Waals surface area contributed by atoms with Gasteiger partial charge in [0.15, 0.2) is 0 Å². The standard InChI is InChI=1S/C22H34N2O4/c1-6-18-15-24(11-12-26-5)19-13-16-7-9-23(21(25)28-22(2,3)4)10-8-17(16)14-20(19)27-18/h13-14,18H,6-12,15H2,1-5H3. The topological polar surface area (TPSA) is 51.2 Å². The van der Waals surface area contributed by atoms with Gasteiger partial charge in [0, 0.05) is 26.7 Å². The first-order valence-corrected chi connectivity index (χ1v) is 10.3. The van der Waals surface area contributed by atoms with Crippen LogP contribution in [0, 0.1) is 0 Å². The molecule has 1 atom stereocenters. The molecule has 0 aromatic heterocycles. The quantitative estimate of drug-likeness (QED) is 0.786. The van der Waals surface area contributed by atoms with Gasteiger partial charge < -0.3 is 24.0 Å². The molecule has 0 saturated heterocycles. The summed E-state index contributed by atoms with van der Waals surface area (Å²) in [6, 6.07) is 4.44. The molecule has 0 saturated carbocycles. The number of fused-ring (bicyclic) bond motifs is 2. The molecule has 6 nitrogen and oxygen atoms in total. The number of carbonyl (C=O) groups excluding carboxylic acids is 1. The fourth-order valence-corrected chi connectivity index (χ4v) is 3.78. The molecule has 3 rings (SSSR count). The third-order valence-corrected chi connectivity index (χ3v) is 5.31. The molecule has 0 spiro atoms. The van der Waals surface area contributed by atoms with Gasteiger partial charge in [-0.2, -0.15) is 0 Å². The van der Waals surface area contributed by atoms with Crippen molar-refractivity contribution in [3.8, 4) is 5.75 Å². The number of hydrogen-bond acceptors (Lipinski definition) is 5. The van der Waals surface area contributed by atoms with Crippen molar-refractivity contribution in [2.45, 2.75) is 58.7 Å². The van der Waals surface area contributed by atoms with Gasteiger partial charge in [0.05, 0.1) is 18.8 Å². The van der Waals surface area contributed by atoms with Crippen molar-refractivity contribution in [1.82, 2.24) is 4.90 Å². The summed E-state index contributed by atoms with van der Waals surface area (Å²) in [5.74, 6) is 0.957. The molecule has 2 aliphatic heterocycles. The lowest BCUT2D eigenvalue weighted by Crippen LogP contribution is -2.41. The lowest BCUT2D eigenvalue weighted by molar-refractivity contribution is 0.0258. The lowest BCUT2D eigenvalue weighted by Gasteiger charge is -2.36. The van der Waals surface area contributed by atoms with Crippen LogP contribution in [0.1, 0.15) is 45.2 Å². The summed E-state index contributed by atoms with van der Waals surface area (Å²) in [5, 5.41) is 0. The molecule has 0 bridgehead atoms. The van der Waals surface area contributed by atoms with Crippen LogP contribution < -0.4 is 9.64 Å². The highest BCUT2D eigenvalue weighted by Gasteiger charge is 2.28. The molecular weight excluding hydrogens is 356 g/mol. The van der Waals surface area contributed by atoms with Crippen LogP contribution in [0.5, 0.6) is 5.75 Å². The van der Waals surface area contributed by atoms with Crippen LogP contribution in [0.15, 0.2) is 12.1 Å². The Morgan fingerprint density at radius 1 is 1.21 bits per heavy atom. The second kappa shape index (κ2) is 8.60. The van der Waals surface area contributed by atoms with E-state index in [9.17, 15) is 4.79 Å². The van der Waals surface area contributed by atoms with Crippen LogP contribution in [0.25, 0.3) is 0 Å². The minimum atomic E-state index is -0.472. The largest absolute Gasteiger partial charge is 0.486 e. The fourth-order valence-electron chi connectivity index (χ4n) is 3.78. The van der Waals surface area contributed by atoms with E-state index in [-0.39, 0.29) is 12.2 Å². The van der Waals surface area contributed by atoms with Crippen LogP contribution in [0.4, 0.5) is 10.5 Å². The number of hydrogen-bond donors (Lipinski definition) is 0. The molecule has 28 heavy (non-hydrogen) atoms. The minimum Gasteiger partial charge on any atom is -0.486 e. The summed E-state index contributed by atoms with van der Waals surface area (Å²) < 4.78 is 17.1. The number of rotatable bonds is 4. The number of nitrogens with zero attached hydrogens (tertiary/aromatic N) is 2. The Morgan fingerprint density at radius 2 is 1.89 bits per heavy atom. The second-order valence-corrected chi connectivity index (χ2v) is 8.64. The zero-order valence-electron chi connectivity index (χ0n) is 17.9. The van der Waals surface area contributed by atoms with Gasteiger partial charge in [-0.1, -0.05) is 6.92 Å². The summed E-state index contributed by atoms with van der Waals surface area (Å²) in [5.41, 5.74) is 3.24. The minimum absolute atomic E-state index is 0.200. The Balaban J connectivity index is 1.79. The van der Waals surface area contributed by atoms with Crippen LogP contribution in [-0.2, 0) is 22.3 Å². The first-order chi connectivity index (χ1) is 13.3. The molecule has 0 fully saturated rings. The van der Waals surface area contributed by atoms with E-state index in [0.717, 1.165) is 43.8 Å². The van der Waals surface area contributed by atoms with E-state index >= 15 is 0 Å². The first kappa shape index (κ1) is 20.8. The molecule has 1 unspecified atom stereocenters. The number of ether oxygens (including phenoxy) is 3. The Labute approximate surface area is 168 Å². The van der Waals surface area contributed by atoms with Gasteiger partial charge in [-0.15, -0.1) is 0 Å². The van der Waals surface area contributed by atoms with Crippen LogP contribution in [-0.4, -0.2) is 62.6 Å². The molecule has 0 N–H and O–H groups in total. The van der Waals surface area contributed by atoms with Crippen molar-refractivity contribution in [3.63, 3.8) is 0 Å². The second-order valence-electron chi connectivity index (χ2n) is 8.64. The highest BCUT2D eigenvalue weighted by Crippen LogP contribution is 2.37. The Morgan fingerprint density at radius 3 is 2.50 bits per heavy atom. The van der Waals surface area contributed by atoms with E-state index in [1.54, 1.807) is 7.11 Å². The molecule has 0 aliphatic carbocycles. The van der Waals surface area contributed by atoms with E-state index in [1.165, 1.54) is 11.1 Å². The third-order valence-electron chi connectivity index (χ3n) is 5.31. The van der Waals surface area contributed by atoms with Gasteiger partial charge in [0.2, 0.25) is 0 Å². The summed E-state index contributed by atoms with van der Waals surface area (Å²) in [6.45, 7) is 11.7.